The van der Waals surface area contributed by atoms with Gasteiger partial charge in [0.1, 0.15) is 0 Å². The van der Waals surface area contributed by atoms with E-state index in [9.17, 15) is 0 Å². The zero-order valence-corrected chi connectivity index (χ0v) is 12.9. The van der Waals surface area contributed by atoms with Crippen LogP contribution in [0.25, 0.3) is 0 Å². The van der Waals surface area contributed by atoms with Gasteiger partial charge in [-0.25, -0.2) is 0 Å². The normalized spacial score (nSPS) is 8.77. The molecule has 0 unspecified atom stereocenters. The van der Waals surface area contributed by atoms with E-state index in [0.29, 0.717) is 13.2 Å². The summed E-state index contributed by atoms with van der Waals surface area (Å²) in [7, 11) is 0. The Hall–Kier alpha value is 1.50. The van der Waals surface area contributed by atoms with E-state index in [1.807, 2.05) is 0 Å². The summed E-state index contributed by atoms with van der Waals surface area (Å²) >= 11 is 3.27. The number of alkyl halides is 1. The van der Waals surface area contributed by atoms with Crippen molar-refractivity contribution in [1.82, 2.24) is 0 Å². The fourth-order valence-electron chi connectivity index (χ4n) is 0.581. The largest absolute Gasteiger partial charge is 0.379 e. The fraction of sp³-hybridized carbons (Fsp3) is 0.778. The first-order chi connectivity index (χ1) is 5.41. The van der Waals surface area contributed by atoms with Crippen LogP contribution in [0, 0.1) is 14.4 Å². The molecule has 4 heteroatoms. The molecule has 0 aromatic heterocycles. The fourth-order valence-corrected chi connectivity index (χ4v) is 0.810. The van der Waals surface area contributed by atoms with Crippen LogP contribution in [0.4, 0.5) is 0 Å². The van der Waals surface area contributed by atoms with Crippen LogP contribution in [0.15, 0.2) is 0 Å². The molecule has 13 heavy (non-hydrogen) atoms. The van der Waals surface area contributed by atoms with Crippen LogP contribution < -0.4 is 0 Å². The minimum absolute atomic E-state index is 0. The van der Waals surface area contributed by atoms with Gasteiger partial charge in [-0.05, 0) is 0 Å². The van der Waals surface area contributed by atoms with Crippen LogP contribution in [-0.4, -0.2) is 31.8 Å². The second kappa shape index (κ2) is 19.1. The molecule has 0 aromatic carbocycles. The molecule has 0 aromatic rings. The predicted octanol–water partition coefficient (Wildman–Crippen LogP) is 2.48. The summed E-state index contributed by atoms with van der Waals surface area (Å²) < 4.78 is 10.4. The molecule has 0 heterocycles. The molecule has 0 bridgehead atoms. The smallest absolute Gasteiger partial charge is 0.0700 e. The molecule has 2 nitrogen and oxygen atoms in total. The summed E-state index contributed by atoms with van der Waals surface area (Å²) in [6.45, 7) is 6.68. The molecular formula is C9H19BrO2Y-2. The van der Waals surface area contributed by atoms with E-state index in [2.05, 4.69) is 22.9 Å². The van der Waals surface area contributed by atoms with Gasteiger partial charge in [0.25, 0.3) is 0 Å². The monoisotopic (exact) mass is 327 g/mol. The summed E-state index contributed by atoms with van der Waals surface area (Å²) in [4.78, 5) is 0. The summed E-state index contributed by atoms with van der Waals surface area (Å²) in [5.41, 5.74) is 0. The van der Waals surface area contributed by atoms with Gasteiger partial charge in [0, 0.05) is 44.6 Å². The Balaban J connectivity index is -0.000000500. The van der Waals surface area contributed by atoms with Gasteiger partial charge in [0.05, 0.1) is 19.8 Å². The molecule has 0 amide bonds. The van der Waals surface area contributed by atoms with Crippen LogP contribution in [0.3, 0.4) is 0 Å². The first-order valence-electron chi connectivity index (χ1n) is 3.92. The van der Waals surface area contributed by atoms with Crippen LogP contribution in [0.5, 0.6) is 0 Å². The van der Waals surface area contributed by atoms with Crippen molar-refractivity contribution in [2.45, 2.75) is 12.8 Å². The zero-order chi connectivity index (χ0) is 8.36. The van der Waals surface area contributed by atoms with E-state index < -0.39 is 0 Å². The molecule has 0 saturated carbocycles. The molecule has 0 atom stereocenters. The Morgan fingerprint density at radius 3 is 2.00 bits per heavy atom. The molecule has 0 aliphatic heterocycles. The van der Waals surface area contributed by atoms with Crippen LogP contribution in [0.2, 0.25) is 0 Å². The topological polar surface area (TPSA) is 18.5 Å². The second-order valence-electron chi connectivity index (χ2n) is 2.12. The van der Waals surface area contributed by atoms with Crippen LogP contribution in [0.1, 0.15) is 12.8 Å². The molecule has 79 valence electrons. The Labute approximate surface area is 116 Å². The SMILES string of the molecule is [CH2-]CCCOCCOCCBr.[CH3-].[Y]. The molecule has 0 fully saturated rings. The number of halogens is 1. The summed E-state index contributed by atoms with van der Waals surface area (Å²) in [6, 6.07) is 0. The van der Waals surface area contributed by atoms with E-state index in [-0.39, 0.29) is 40.1 Å². The van der Waals surface area contributed by atoms with E-state index in [1.54, 1.807) is 0 Å². The first kappa shape index (κ1) is 20.0. The third kappa shape index (κ3) is 19.8. The molecule has 0 N–H and O–H groups in total. The molecule has 0 saturated heterocycles. The van der Waals surface area contributed by atoms with Crippen molar-refractivity contribution in [3.63, 3.8) is 0 Å². The average Bonchev–Trinajstić information content (AvgIpc) is 2.03. The molecule has 0 aliphatic carbocycles. The maximum absolute atomic E-state index is 5.24. The van der Waals surface area contributed by atoms with Gasteiger partial charge in [0.15, 0.2) is 0 Å². The summed E-state index contributed by atoms with van der Waals surface area (Å²) in [5, 5.41) is 0.895. The maximum Gasteiger partial charge on any atom is 0.0700 e. The summed E-state index contributed by atoms with van der Waals surface area (Å²) in [5.74, 6) is 0. The van der Waals surface area contributed by atoms with Gasteiger partial charge in [-0.15, -0.1) is 0 Å². The Bertz CT molecular complexity index is 66.6. The van der Waals surface area contributed by atoms with Crippen LogP contribution >= 0.6 is 15.9 Å². The van der Waals surface area contributed by atoms with Crippen molar-refractivity contribution < 1.29 is 42.2 Å². The minimum Gasteiger partial charge on any atom is -0.379 e. The average molecular weight is 328 g/mol. The Morgan fingerprint density at radius 1 is 1.00 bits per heavy atom. The van der Waals surface area contributed by atoms with Crippen molar-refractivity contribution >= 4 is 15.9 Å². The first-order valence-corrected chi connectivity index (χ1v) is 5.04. The third-order valence-electron chi connectivity index (χ3n) is 1.13. The second-order valence-corrected chi connectivity index (χ2v) is 2.91. The van der Waals surface area contributed by atoms with Crippen molar-refractivity contribution in [2.75, 3.05) is 31.8 Å². The van der Waals surface area contributed by atoms with Gasteiger partial charge in [-0.3, -0.25) is 0 Å². The quantitative estimate of drug-likeness (QED) is 0.387. The van der Waals surface area contributed by atoms with E-state index in [1.165, 1.54) is 0 Å². The number of hydrogen-bond donors (Lipinski definition) is 0. The van der Waals surface area contributed by atoms with Gasteiger partial charge in [-0.1, -0.05) is 22.4 Å². The Morgan fingerprint density at radius 2 is 1.54 bits per heavy atom. The van der Waals surface area contributed by atoms with Gasteiger partial charge < -0.3 is 23.8 Å². The molecule has 1 radical (unpaired) electrons. The molecule has 0 rings (SSSR count). The van der Waals surface area contributed by atoms with Crippen LogP contribution in [-0.2, 0) is 42.2 Å². The van der Waals surface area contributed by atoms with Crippen molar-refractivity contribution in [3.05, 3.63) is 14.4 Å². The molecule has 0 spiro atoms. The predicted molar refractivity (Wildman–Crippen MR) is 56.4 cm³/mol. The van der Waals surface area contributed by atoms with Gasteiger partial charge in [-0.2, -0.15) is 6.42 Å². The molecular weight excluding hydrogens is 309 g/mol. The van der Waals surface area contributed by atoms with E-state index >= 15 is 0 Å². The van der Waals surface area contributed by atoms with E-state index in [4.69, 9.17) is 9.47 Å². The van der Waals surface area contributed by atoms with Crippen molar-refractivity contribution in [3.8, 4) is 0 Å². The maximum atomic E-state index is 5.24. The number of ether oxygens (including phenoxy) is 2. The molecule has 0 aliphatic rings. The number of rotatable bonds is 8. The Kier molecular flexibility index (Phi) is 29.4. The summed E-state index contributed by atoms with van der Waals surface area (Å²) in [6.07, 6.45) is 1.99. The van der Waals surface area contributed by atoms with Crippen molar-refractivity contribution in [2.24, 2.45) is 0 Å². The third-order valence-corrected chi connectivity index (χ3v) is 1.46. The number of unbranched alkanes of at least 4 members (excludes halogenated alkanes) is 1. The minimum atomic E-state index is 0. The van der Waals surface area contributed by atoms with Crippen molar-refractivity contribution in [1.29, 1.82) is 0 Å². The van der Waals surface area contributed by atoms with Gasteiger partial charge >= 0.3 is 0 Å². The van der Waals surface area contributed by atoms with Gasteiger partial charge in [0.2, 0.25) is 0 Å². The zero-order valence-electron chi connectivity index (χ0n) is 8.43. The van der Waals surface area contributed by atoms with E-state index in [0.717, 1.165) is 31.4 Å². The standard InChI is InChI=1S/C8H16BrO2.CH3.Y/c1-2-3-5-10-7-8-11-6-4-9;;/h1-8H2;1H3;/q2*-1;. The number of hydrogen-bond acceptors (Lipinski definition) is 2.